The zero-order chi connectivity index (χ0) is 25.4. The molecule has 0 fully saturated rings. The molecule has 1 amide bonds. The number of halogens is 6. The third-order valence-corrected chi connectivity index (χ3v) is 6.98. The van der Waals surface area contributed by atoms with Crippen LogP contribution in [0.4, 0.5) is 13.2 Å². The van der Waals surface area contributed by atoms with Gasteiger partial charge in [-0.2, -0.15) is 13.2 Å². The van der Waals surface area contributed by atoms with E-state index in [2.05, 4.69) is 39.0 Å². The van der Waals surface area contributed by atoms with Gasteiger partial charge in [-0.3, -0.25) is 4.79 Å². The molecule has 0 saturated carbocycles. The van der Waals surface area contributed by atoms with Crippen molar-refractivity contribution in [2.24, 2.45) is 5.16 Å². The first-order chi connectivity index (χ1) is 16.5. The van der Waals surface area contributed by atoms with Gasteiger partial charge in [0.1, 0.15) is 0 Å². The van der Waals surface area contributed by atoms with Gasteiger partial charge in [-0.05, 0) is 42.0 Å². The topological polar surface area (TPSA) is 50.7 Å². The molecule has 0 saturated heterocycles. The predicted octanol–water partition coefficient (Wildman–Crippen LogP) is 7.70. The van der Waals surface area contributed by atoms with Gasteiger partial charge in [-0.15, -0.1) is 12.6 Å². The van der Waals surface area contributed by atoms with Gasteiger partial charge in [0.25, 0.3) is 11.5 Å². The van der Waals surface area contributed by atoms with Crippen molar-refractivity contribution >= 4 is 63.4 Å². The third-order valence-electron chi connectivity index (χ3n) is 5.45. The van der Waals surface area contributed by atoms with Crippen LogP contribution in [0.25, 0.3) is 0 Å². The minimum Gasteiger partial charge on any atom is -0.374 e. The van der Waals surface area contributed by atoms with Crippen LogP contribution in [-0.4, -0.2) is 17.8 Å². The summed E-state index contributed by atoms with van der Waals surface area (Å²) in [5.41, 5.74) is -1.37. The Morgan fingerprint density at radius 1 is 1.09 bits per heavy atom. The summed E-state index contributed by atoms with van der Waals surface area (Å²) in [4.78, 5) is 17.5. The van der Waals surface area contributed by atoms with Crippen molar-refractivity contribution in [3.63, 3.8) is 0 Å². The lowest BCUT2D eigenvalue weighted by atomic mass is 9.86. The molecule has 0 aromatic heterocycles. The summed E-state index contributed by atoms with van der Waals surface area (Å²) in [6.45, 7) is 0. The molecule has 0 aliphatic carbocycles. The number of oxime groups is 1. The van der Waals surface area contributed by atoms with E-state index < -0.39 is 23.6 Å². The fourth-order valence-electron chi connectivity index (χ4n) is 3.65. The van der Waals surface area contributed by atoms with Gasteiger partial charge in [-0.25, -0.2) is 0 Å². The largest absolute Gasteiger partial charge is 0.435 e. The van der Waals surface area contributed by atoms with Crippen LogP contribution in [0.3, 0.4) is 0 Å². The van der Waals surface area contributed by atoms with Crippen molar-refractivity contribution in [2.75, 3.05) is 0 Å². The van der Waals surface area contributed by atoms with E-state index in [1.807, 2.05) is 0 Å². The Morgan fingerprint density at radius 3 is 2.34 bits per heavy atom. The fourth-order valence-corrected chi connectivity index (χ4v) is 5.30. The summed E-state index contributed by atoms with van der Waals surface area (Å²) in [5, 5.41) is 5.98. The van der Waals surface area contributed by atoms with Gasteiger partial charge in [0.15, 0.2) is 0 Å². The first-order valence-corrected chi connectivity index (χ1v) is 12.2. The average molecular weight is 604 g/mol. The van der Waals surface area contributed by atoms with Crippen LogP contribution >= 0.6 is 51.8 Å². The number of rotatable bonds is 5. The fraction of sp³-hybridized carbons (Fsp3) is 0.167. The molecule has 35 heavy (non-hydrogen) atoms. The van der Waals surface area contributed by atoms with Crippen molar-refractivity contribution in [1.29, 1.82) is 0 Å². The molecule has 1 aliphatic heterocycles. The number of carbonyl (C=O) groups is 1. The Balaban J connectivity index is 1.57. The lowest BCUT2D eigenvalue weighted by Crippen LogP contribution is -2.42. The number of benzene rings is 3. The molecule has 1 heterocycles. The monoisotopic (exact) mass is 602 g/mol. The number of nitrogens with zero attached hydrogens (tertiary/aromatic N) is 1. The highest BCUT2D eigenvalue weighted by molar-refractivity contribution is 9.10. The molecular formula is C24H16BrCl2F3N2O2S. The van der Waals surface area contributed by atoms with E-state index in [1.54, 1.807) is 48.5 Å². The number of thiol groups is 1. The van der Waals surface area contributed by atoms with E-state index in [-0.39, 0.29) is 27.2 Å². The molecule has 11 heteroatoms. The Kier molecular flexibility index (Phi) is 7.43. The minimum atomic E-state index is -4.79. The van der Waals surface area contributed by atoms with Crippen LogP contribution in [0.5, 0.6) is 0 Å². The lowest BCUT2D eigenvalue weighted by molar-refractivity contribution is -0.275. The maximum atomic E-state index is 14.2. The summed E-state index contributed by atoms with van der Waals surface area (Å²) in [6.07, 6.45) is -5.37. The first-order valence-electron chi connectivity index (χ1n) is 10.1. The van der Waals surface area contributed by atoms with Crippen molar-refractivity contribution in [3.8, 4) is 0 Å². The van der Waals surface area contributed by atoms with Gasteiger partial charge >= 0.3 is 6.18 Å². The Bertz CT molecular complexity index is 1290. The van der Waals surface area contributed by atoms with E-state index in [0.29, 0.717) is 21.2 Å². The molecule has 2 unspecified atom stereocenters. The average Bonchev–Trinajstić information content (AvgIpc) is 3.26. The minimum absolute atomic E-state index is 0.0534. The maximum Gasteiger partial charge on any atom is 0.435 e. The molecule has 0 radical (unpaired) electrons. The number of amides is 1. The standard InChI is InChI=1S/C24H16BrCl2F3N2O2S/c25-19-8-14(6-7-18(19)22(35)31-21(33)13-4-2-1-3-5-13)20-12-23(34-32-20,24(28,29)30)15-9-16(26)11-17(27)10-15/h1-11,22,35H,12H2,(H,31,33). The van der Waals surface area contributed by atoms with Crippen molar-refractivity contribution in [3.05, 3.63) is 104 Å². The van der Waals surface area contributed by atoms with Crippen LogP contribution < -0.4 is 5.32 Å². The molecular weight excluding hydrogens is 588 g/mol. The van der Waals surface area contributed by atoms with Crippen molar-refractivity contribution < 1.29 is 22.8 Å². The van der Waals surface area contributed by atoms with Gasteiger partial charge in [0.05, 0.1) is 11.1 Å². The van der Waals surface area contributed by atoms with E-state index in [1.165, 1.54) is 18.2 Å². The summed E-state index contributed by atoms with van der Waals surface area (Å²) in [5.74, 6) is -0.315. The number of alkyl halides is 3. The summed E-state index contributed by atoms with van der Waals surface area (Å²) >= 11 is 19.8. The van der Waals surface area contributed by atoms with Crippen LogP contribution in [0.1, 0.15) is 38.8 Å². The smallest absolute Gasteiger partial charge is 0.374 e. The zero-order valence-electron chi connectivity index (χ0n) is 17.6. The molecule has 1 aliphatic rings. The highest BCUT2D eigenvalue weighted by Crippen LogP contribution is 2.50. The molecule has 3 aromatic rings. The summed E-state index contributed by atoms with van der Waals surface area (Å²) in [6, 6.07) is 17.2. The van der Waals surface area contributed by atoms with Gasteiger partial charge < -0.3 is 10.2 Å². The van der Waals surface area contributed by atoms with E-state index in [9.17, 15) is 18.0 Å². The van der Waals surface area contributed by atoms with Crippen molar-refractivity contribution in [2.45, 2.75) is 23.6 Å². The number of hydrogen-bond donors (Lipinski definition) is 2. The summed E-state index contributed by atoms with van der Waals surface area (Å²) < 4.78 is 43.2. The molecule has 2 atom stereocenters. The molecule has 4 rings (SSSR count). The summed E-state index contributed by atoms with van der Waals surface area (Å²) in [7, 11) is 0. The molecule has 182 valence electrons. The SMILES string of the molecule is O=C(NC(S)c1ccc(C2=NOC(c3cc(Cl)cc(Cl)c3)(C(F)(F)F)C2)cc1Br)c1ccccc1. The number of nitrogens with one attached hydrogen (secondary N) is 1. The van der Waals surface area contributed by atoms with Gasteiger partial charge in [-0.1, -0.05) is 74.6 Å². The Morgan fingerprint density at radius 2 is 1.74 bits per heavy atom. The van der Waals surface area contributed by atoms with Crippen molar-refractivity contribution in [1.82, 2.24) is 5.32 Å². The second kappa shape index (κ2) is 10.0. The lowest BCUT2D eigenvalue weighted by Gasteiger charge is -2.29. The van der Waals surface area contributed by atoms with Gasteiger partial charge in [0.2, 0.25) is 0 Å². The highest BCUT2D eigenvalue weighted by atomic mass is 79.9. The molecule has 0 spiro atoms. The van der Waals surface area contributed by atoms with Crippen LogP contribution in [-0.2, 0) is 10.4 Å². The highest BCUT2D eigenvalue weighted by Gasteiger charge is 2.62. The zero-order valence-corrected chi connectivity index (χ0v) is 21.6. The second-order valence-electron chi connectivity index (χ2n) is 7.77. The van der Waals surface area contributed by atoms with Crippen LogP contribution in [0.15, 0.2) is 76.4 Å². The second-order valence-corrected chi connectivity index (χ2v) is 10.0. The first kappa shape index (κ1) is 25.9. The molecule has 4 nitrogen and oxygen atoms in total. The molecule has 3 aromatic carbocycles. The number of carbonyl (C=O) groups excluding carboxylic acids is 1. The maximum absolute atomic E-state index is 14.2. The normalized spacial score (nSPS) is 18.5. The quantitative estimate of drug-likeness (QED) is 0.232. The Hall–Kier alpha value is -2.20. The van der Waals surface area contributed by atoms with Crippen LogP contribution in [0, 0.1) is 0 Å². The van der Waals surface area contributed by atoms with E-state index in [0.717, 1.165) is 0 Å². The molecule has 1 N–H and O–H groups in total. The Labute approximate surface area is 223 Å². The van der Waals surface area contributed by atoms with Crippen LogP contribution in [0.2, 0.25) is 10.0 Å². The third kappa shape index (κ3) is 5.33. The van der Waals surface area contributed by atoms with Gasteiger partial charge in [0, 0.05) is 37.6 Å². The van der Waals surface area contributed by atoms with E-state index in [4.69, 9.17) is 28.0 Å². The number of hydrogen-bond acceptors (Lipinski definition) is 4. The van der Waals surface area contributed by atoms with E-state index >= 15 is 0 Å². The molecule has 0 bridgehead atoms. The predicted molar refractivity (Wildman–Crippen MR) is 136 cm³/mol.